The molecule has 0 aliphatic rings. The number of nitrogens with two attached hydrogens (primary N) is 1. The van der Waals surface area contributed by atoms with Crippen LogP contribution in [0.25, 0.3) is 0 Å². The van der Waals surface area contributed by atoms with E-state index in [1.54, 1.807) is 13.8 Å². The van der Waals surface area contributed by atoms with Crippen LogP contribution in [0.3, 0.4) is 0 Å². The number of hydrogen-bond acceptors (Lipinski definition) is 4. The van der Waals surface area contributed by atoms with E-state index < -0.39 is 23.8 Å². The van der Waals surface area contributed by atoms with E-state index in [1.165, 1.54) is 6.92 Å². The molecule has 0 aliphatic carbocycles. The van der Waals surface area contributed by atoms with Gasteiger partial charge in [-0.2, -0.15) is 0 Å². The highest BCUT2D eigenvalue weighted by molar-refractivity contribution is 5.86. The molecule has 2 amide bonds. The summed E-state index contributed by atoms with van der Waals surface area (Å²) < 4.78 is 4.79. The molecule has 0 radical (unpaired) electrons. The molecule has 0 bridgehead atoms. The molecule has 2 atom stereocenters. The quantitative estimate of drug-likeness (QED) is 0.604. The molecular weight excluding hydrogens is 212 g/mol. The number of esters is 1. The number of rotatable bonds is 6. The number of primary amides is 1. The van der Waals surface area contributed by atoms with Crippen molar-refractivity contribution in [3.8, 4) is 0 Å². The largest absolute Gasteiger partial charge is 0.466 e. The summed E-state index contributed by atoms with van der Waals surface area (Å²) in [5, 5.41) is 2.39. The first kappa shape index (κ1) is 14.4. The Bertz CT molecular complexity index is 278. The smallest absolute Gasteiger partial charge is 0.308 e. The predicted octanol–water partition coefficient (Wildman–Crippen LogP) is -0.434. The lowest BCUT2D eigenvalue weighted by Gasteiger charge is -2.17. The average molecular weight is 230 g/mol. The van der Waals surface area contributed by atoms with Crippen molar-refractivity contribution >= 4 is 17.8 Å². The Morgan fingerprint density at radius 2 is 1.94 bits per heavy atom. The van der Waals surface area contributed by atoms with Crippen molar-refractivity contribution in [3.63, 3.8) is 0 Å². The number of carbonyl (C=O) groups excluding carboxylic acids is 3. The topological polar surface area (TPSA) is 98.5 Å². The lowest BCUT2D eigenvalue weighted by atomic mass is 10.0. The Labute approximate surface area is 94.5 Å². The van der Waals surface area contributed by atoms with E-state index in [0.29, 0.717) is 0 Å². The molecule has 3 N–H and O–H groups in total. The van der Waals surface area contributed by atoms with Crippen LogP contribution in [0.15, 0.2) is 0 Å². The van der Waals surface area contributed by atoms with Gasteiger partial charge in [-0.1, -0.05) is 6.92 Å². The molecule has 0 aliphatic heterocycles. The standard InChI is InChI=1S/C10H18N2O4/c1-4-16-10(15)6(2)5-8(9(11)14)12-7(3)13/h6,8H,4-5H2,1-3H3,(H2,11,14)(H,12,13)/t6-,8+/m0/s1. The predicted molar refractivity (Wildman–Crippen MR) is 57.2 cm³/mol. The van der Waals surface area contributed by atoms with Gasteiger partial charge >= 0.3 is 5.97 Å². The van der Waals surface area contributed by atoms with E-state index >= 15 is 0 Å². The van der Waals surface area contributed by atoms with Gasteiger partial charge in [0.05, 0.1) is 12.5 Å². The van der Waals surface area contributed by atoms with Gasteiger partial charge in [0.1, 0.15) is 6.04 Å². The minimum Gasteiger partial charge on any atom is -0.466 e. The van der Waals surface area contributed by atoms with Gasteiger partial charge in [-0.05, 0) is 13.3 Å². The molecule has 0 aromatic carbocycles. The maximum absolute atomic E-state index is 11.3. The van der Waals surface area contributed by atoms with Crippen LogP contribution < -0.4 is 11.1 Å². The van der Waals surface area contributed by atoms with Crippen molar-refractivity contribution in [1.29, 1.82) is 0 Å². The summed E-state index contributed by atoms with van der Waals surface area (Å²) in [5.74, 6) is -1.91. The molecule has 0 saturated carbocycles. The molecule has 92 valence electrons. The molecule has 0 fully saturated rings. The number of ether oxygens (including phenoxy) is 1. The molecule has 0 spiro atoms. The summed E-state index contributed by atoms with van der Waals surface area (Å²) in [7, 11) is 0. The summed E-state index contributed by atoms with van der Waals surface area (Å²) in [6.07, 6.45) is 0.147. The summed E-state index contributed by atoms with van der Waals surface area (Å²) in [6.45, 7) is 4.88. The van der Waals surface area contributed by atoms with Gasteiger partial charge in [0.15, 0.2) is 0 Å². The molecule has 6 heteroatoms. The van der Waals surface area contributed by atoms with Crippen LogP contribution in [0.5, 0.6) is 0 Å². The van der Waals surface area contributed by atoms with Crippen LogP contribution in [0.4, 0.5) is 0 Å². The van der Waals surface area contributed by atoms with Gasteiger partial charge < -0.3 is 15.8 Å². The number of carbonyl (C=O) groups is 3. The lowest BCUT2D eigenvalue weighted by molar-refractivity contribution is -0.148. The first-order valence-corrected chi connectivity index (χ1v) is 5.11. The minimum absolute atomic E-state index is 0.147. The fraction of sp³-hybridized carbons (Fsp3) is 0.700. The molecule has 6 nitrogen and oxygen atoms in total. The van der Waals surface area contributed by atoms with E-state index in [-0.39, 0.29) is 18.9 Å². The monoisotopic (exact) mass is 230 g/mol. The summed E-state index contributed by atoms with van der Waals surface area (Å²) in [6, 6.07) is -0.836. The van der Waals surface area contributed by atoms with Crippen molar-refractivity contribution in [2.24, 2.45) is 11.7 Å². The molecule has 0 saturated heterocycles. The van der Waals surface area contributed by atoms with Gasteiger partial charge in [0.2, 0.25) is 11.8 Å². The number of amides is 2. The van der Waals surface area contributed by atoms with E-state index in [9.17, 15) is 14.4 Å². The Balaban J connectivity index is 4.33. The maximum atomic E-state index is 11.3. The zero-order valence-corrected chi connectivity index (χ0v) is 9.78. The number of nitrogens with one attached hydrogen (secondary N) is 1. The van der Waals surface area contributed by atoms with Crippen LogP contribution in [-0.2, 0) is 19.1 Å². The second-order valence-electron chi connectivity index (χ2n) is 3.54. The molecule has 0 aromatic rings. The van der Waals surface area contributed by atoms with Crippen LogP contribution in [0.2, 0.25) is 0 Å². The van der Waals surface area contributed by atoms with Gasteiger partial charge in [0.25, 0.3) is 0 Å². The van der Waals surface area contributed by atoms with Crippen molar-refractivity contribution in [2.75, 3.05) is 6.61 Å². The van der Waals surface area contributed by atoms with Gasteiger partial charge in [-0.15, -0.1) is 0 Å². The first-order valence-electron chi connectivity index (χ1n) is 5.11. The second-order valence-corrected chi connectivity index (χ2v) is 3.54. The Kier molecular flexibility index (Phi) is 6.14. The summed E-state index contributed by atoms with van der Waals surface area (Å²) >= 11 is 0. The molecule has 0 aromatic heterocycles. The van der Waals surface area contributed by atoms with Crippen LogP contribution in [0.1, 0.15) is 27.2 Å². The Hall–Kier alpha value is -1.59. The van der Waals surface area contributed by atoms with Crippen LogP contribution >= 0.6 is 0 Å². The zero-order valence-electron chi connectivity index (χ0n) is 9.78. The molecule has 0 heterocycles. The third kappa shape index (κ3) is 5.33. The SMILES string of the molecule is CCOC(=O)[C@@H](C)C[C@@H](NC(C)=O)C(N)=O. The molecule has 16 heavy (non-hydrogen) atoms. The highest BCUT2D eigenvalue weighted by Gasteiger charge is 2.24. The highest BCUT2D eigenvalue weighted by Crippen LogP contribution is 2.08. The van der Waals surface area contributed by atoms with Crippen molar-refractivity contribution in [2.45, 2.75) is 33.2 Å². The van der Waals surface area contributed by atoms with Crippen molar-refractivity contribution in [3.05, 3.63) is 0 Å². The third-order valence-electron chi connectivity index (χ3n) is 2.00. The molecule has 0 rings (SSSR count). The fourth-order valence-corrected chi connectivity index (χ4v) is 1.23. The van der Waals surface area contributed by atoms with E-state index in [1.807, 2.05) is 0 Å². The van der Waals surface area contributed by atoms with E-state index in [0.717, 1.165) is 0 Å². The summed E-state index contributed by atoms with van der Waals surface area (Å²) in [4.78, 5) is 33.1. The number of hydrogen-bond donors (Lipinski definition) is 2. The first-order chi connectivity index (χ1) is 7.38. The van der Waals surface area contributed by atoms with E-state index in [4.69, 9.17) is 10.5 Å². The van der Waals surface area contributed by atoms with Crippen molar-refractivity contribution in [1.82, 2.24) is 5.32 Å². The Morgan fingerprint density at radius 3 is 2.31 bits per heavy atom. The summed E-state index contributed by atoms with van der Waals surface area (Å²) in [5.41, 5.74) is 5.10. The Morgan fingerprint density at radius 1 is 1.38 bits per heavy atom. The lowest BCUT2D eigenvalue weighted by Crippen LogP contribution is -2.45. The molecular formula is C10H18N2O4. The highest BCUT2D eigenvalue weighted by atomic mass is 16.5. The van der Waals surface area contributed by atoms with Crippen LogP contribution in [-0.4, -0.2) is 30.4 Å². The van der Waals surface area contributed by atoms with Gasteiger partial charge in [-0.25, -0.2) is 0 Å². The van der Waals surface area contributed by atoms with Gasteiger partial charge in [0, 0.05) is 6.92 Å². The zero-order chi connectivity index (χ0) is 12.7. The van der Waals surface area contributed by atoms with Gasteiger partial charge in [-0.3, -0.25) is 14.4 Å². The van der Waals surface area contributed by atoms with Crippen LogP contribution in [0, 0.1) is 5.92 Å². The third-order valence-corrected chi connectivity index (χ3v) is 2.00. The maximum Gasteiger partial charge on any atom is 0.308 e. The molecule has 0 unspecified atom stereocenters. The van der Waals surface area contributed by atoms with Crippen molar-refractivity contribution < 1.29 is 19.1 Å². The minimum atomic E-state index is -0.836. The average Bonchev–Trinajstić information content (AvgIpc) is 2.16. The fourth-order valence-electron chi connectivity index (χ4n) is 1.23. The second kappa shape index (κ2) is 6.81. The normalized spacial score (nSPS) is 13.7. The van der Waals surface area contributed by atoms with E-state index in [2.05, 4.69) is 5.32 Å².